The van der Waals surface area contributed by atoms with Gasteiger partial charge in [0, 0.05) is 10.6 Å². The number of hydrogen-bond donors (Lipinski definition) is 1. The highest BCUT2D eigenvalue weighted by Crippen LogP contribution is 2.25. The van der Waals surface area contributed by atoms with E-state index in [0.29, 0.717) is 5.75 Å². The zero-order valence-corrected chi connectivity index (χ0v) is 10.8. The molecule has 0 unspecified atom stereocenters. The summed E-state index contributed by atoms with van der Waals surface area (Å²) in [5, 5.41) is 0. The number of benzene rings is 2. The van der Waals surface area contributed by atoms with E-state index in [1.165, 1.54) is 0 Å². The Morgan fingerprint density at radius 2 is 1.56 bits per heavy atom. The molecule has 18 heavy (non-hydrogen) atoms. The van der Waals surface area contributed by atoms with Crippen LogP contribution in [0.5, 0.6) is 0 Å². The van der Waals surface area contributed by atoms with Gasteiger partial charge in [-0.05, 0) is 17.7 Å². The molecule has 2 aromatic carbocycles. The monoisotopic (exact) mass is 257 g/mol. The van der Waals surface area contributed by atoms with E-state index < -0.39 is 0 Å². The molecule has 1 amide bonds. The summed E-state index contributed by atoms with van der Waals surface area (Å²) in [6, 6.07) is 19.7. The smallest absolute Gasteiger partial charge is 0.225 e. The van der Waals surface area contributed by atoms with Gasteiger partial charge in [0.05, 0.1) is 5.92 Å². The van der Waals surface area contributed by atoms with Crippen molar-refractivity contribution < 1.29 is 4.79 Å². The number of nitrogens with two attached hydrogens (primary N) is 1. The molecular weight excluding hydrogens is 242 g/mol. The van der Waals surface area contributed by atoms with Crippen molar-refractivity contribution >= 4 is 17.7 Å². The summed E-state index contributed by atoms with van der Waals surface area (Å²) in [6.45, 7) is 0. The molecule has 0 saturated heterocycles. The summed E-state index contributed by atoms with van der Waals surface area (Å²) >= 11 is 1.65. The van der Waals surface area contributed by atoms with Gasteiger partial charge in [0.15, 0.2) is 0 Å². The third-order valence-corrected chi connectivity index (χ3v) is 3.81. The van der Waals surface area contributed by atoms with Crippen LogP contribution in [0.25, 0.3) is 0 Å². The molecule has 1 atom stereocenters. The van der Waals surface area contributed by atoms with Crippen molar-refractivity contribution in [2.45, 2.75) is 10.8 Å². The molecule has 0 aliphatic rings. The highest BCUT2D eigenvalue weighted by molar-refractivity contribution is 7.99. The fourth-order valence-electron chi connectivity index (χ4n) is 1.72. The highest BCUT2D eigenvalue weighted by atomic mass is 32.2. The largest absolute Gasteiger partial charge is 0.369 e. The van der Waals surface area contributed by atoms with E-state index in [0.717, 1.165) is 10.5 Å². The molecule has 0 fully saturated rings. The third-order valence-electron chi connectivity index (χ3n) is 2.71. The van der Waals surface area contributed by atoms with E-state index >= 15 is 0 Å². The van der Waals surface area contributed by atoms with Crippen LogP contribution in [0, 0.1) is 0 Å². The van der Waals surface area contributed by atoms with Gasteiger partial charge in [-0.3, -0.25) is 4.79 Å². The van der Waals surface area contributed by atoms with Gasteiger partial charge in [0.1, 0.15) is 0 Å². The van der Waals surface area contributed by atoms with Gasteiger partial charge < -0.3 is 5.73 Å². The summed E-state index contributed by atoms with van der Waals surface area (Å²) in [4.78, 5) is 12.7. The molecule has 0 bridgehead atoms. The molecule has 0 heterocycles. The Bertz CT molecular complexity index is 498. The first-order valence-corrected chi connectivity index (χ1v) is 6.78. The van der Waals surface area contributed by atoms with Gasteiger partial charge >= 0.3 is 0 Å². The van der Waals surface area contributed by atoms with Crippen molar-refractivity contribution in [2.75, 3.05) is 5.75 Å². The first-order valence-electron chi connectivity index (χ1n) is 5.79. The van der Waals surface area contributed by atoms with Gasteiger partial charge in [0.25, 0.3) is 0 Å². The van der Waals surface area contributed by atoms with Crippen LogP contribution in [0.1, 0.15) is 11.5 Å². The minimum Gasteiger partial charge on any atom is -0.369 e. The third kappa shape index (κ3) is 3.37. The van der Waals surface area contributed by atoms with Crippen LogP contribution in [0.2, 0.25) is 0 Å². The Labute approximate surface area is 111 Å². The average molecular weight is 257 g/mol. The van der Waals surface area contributed by atoms with Gasteiger partial charge in [-0.1, -0.05) is 48.5 Å². The number of primary amides is 1. The van der Waals surface area contributed by atoms with Crippen molar-refractivity contribution in [3.8, 4) is 0 Å². The SMILES string of the molecule is NC(=O)[C@@H](CSc1ccccc1)c1ccccc1. The average Bonchev–Trinajstić information content (AvgIpc) is 2.41. The lowest BCUT2D eigenvalue weighted by Crippen LogP contribution is -2.23. The lowest BCUT2D eigenvalue weighted by molar-refractivity contribution is -0.118. The van der Waals surface area contributed by atoms with Gasteiger partial charge in [-0.25, -0.2) is 0 Å². The normalized spacial score (nSPS) is 12.0. The second-order valence-electron chi connectivity index (χ2n) is 3.99. The van der Waals surface area contributed by atoms with Gasteiger partial charge in [-0.15, -0.1) is 11.8 Å². The number of carbonyl (C=O) groups excluding carboxylic acids is 1. The van der Waals surface area contributed by atoms with E-state index in [1.807, 2.05) is 60.7 Å². The molecule has 2 aromatic rings. The van der Waals surface area contributed by atoms with Crippen LogP contribution in [-0.4, -0.2) is 11.7 Å². The fraction of sp³-hybridized carbons (Fsp3) is 0.133. The van der Waals surface area contributed by atoms with E-state index in [2.05, 4.69) is 0 Å². The summed E-state index contributed by atoms with van der Waals surface area (Å²) in [7, 11) is 0. The number of thioether (sulfide) groups is 1. The number of hydrogen-bond acceptors (Lipinski definition) is 2. The highest BCUT2D eigenvalue weighted by Gasteiger charge is 2.17. The summed E-state index contributed by atoms with van der Waals surface area (Å²) in [5.74, 6) is 0.157. The quantitative estimate of drug-likeness (QED) is 0.837. The predicted molar refractivity (Wildman–Crippen MR) is 75.5 cm³/mol. The Morgan fingerprint density at radius 3 is 2.11 bits per heavy atom. The molecule has 2 N–H and O–H groups in total. The predicted octanol–water partition coefficient (Wildman–Crippen LogP) is 3.05. The van der Waals surface area contributed by atoms with Gasteiger partial charge in [-0.2, -0.15) is 0 Å². The molecular formula is C15H15NOS. The fourth-order valence-corrected chi connectivity index (χ4v) is 2.79. The maximum Gasteiger partial charge on any atom is 0.225 e. The first kappa shape index (κ1) is 12.7. The van der Waals surface area contributed by atoms with Crippen LogP contribution in [0.4, 0.5) is 0 Å². The molecule has 2 rings (SSSR count). The summed E-state index contributed by atoms with van der Waals surface area (Å²) in [5.41, 5.74) is 6.46. The van der Waals surface area contributed by atoms with Crippen molar-refractivity contribution in [1.29, 1.82) is 0 Å². The summed E-state index contributed by atoms with van der Waals surface area (Å²) in [6.07, 6.45) is 0. The molecule has 0 radical (unpaired) electrons. The van der Waals surface area contributed by atoms with Crippen molar-refractivity contribution in [2.24, 2.45) is 5.73 Å². The number of amides is 1. The molecule has 0 aromatic heterocycles. The standard InChI is InChI=1S/C15H15NOS/c16-15(17)14(12-7-3-1-4-8-12)11-18-13-9-5-2-6-10-13/h1-10,14H,11H2,(H2,16,17)/t14-/m0/s1. The van der Waals surface area contributed by atoms with Crippen LogP contribution in [0.3, 0.4) is 0 Å². The Kier molecular flexibility index (Phi) is 4.42. The minimum atomic E-state index is -0.273. The van der Waals surface area contributed by atoms with E-state index in [9.17, 15) is 4.79 Å². The van der Waals surface area contributed by atoms with Crippen molar-refractivity contribution in [3.05, 3.63) is 66.2 Å². The molecule has 0 aliphatic carbocycles. The van der Waals surface area contributed by atoms with Crippen LogP contribution in [0.15, 0.2) is 65.6 Å². The number of rotatable bonds is 5. The van der Waals surface area contributed by atoms with Crippen LogP contribution >= 0.6 is 11.8 Å². The van der Waals surface area contributed by atoms with Crippen LogP contribution < -0.4 is 5.73 Å². The van der Waals surface area contributed by atoms with Crippen LogP contribution in [-0.2, 0) is 4.79 Å². The maximum absolute atomic E-state index is 11.5. The Hall–Kier alpha value is -1.74. The van der Waals surface area contributed by atoms with E-state index in [1.54, 1.807) is 11.8 Å². The molecule has 0 spiro atoms. The second kappa shape index (κ2) is 6.26. The number of carbonyl (C=O) groups is 1. The molecule has 2 nitrogen and oxygen atoms in total. The summed E-state index contributed by atoms with van der Waals surface area (Å²) < 4.78 is 0. The first-order chi connectivity index (χ1) is 8.77. The Balaban J connectivity index is 2.06. The van der Waals surface area contributed by atoms with E-state index in [-0.39, 0.29) is 11.8 Å². The lowest BCUT2D eigenvalue weighted by Gasteiger charge is -2.13. The zero-order valence-electron chi connectivity index (χ0n) is 9.95. The molecule has 0 saturated carbocycles. The molecule has 92 valence electrons. The topological polar surface area (TPSA) is 43.1 Å². The van der Waals surface area contributed by atoms with Crippen molar-refractivity contribution in [1.82, 2.24) is 0 Å². The molecule has 0 aliphatic heterocycles. The Morgan fingerprint density at radius 1 is 1.00 bits per heavy atom. The minimum absolute atomic E-state index is 0.239. The van der Waals surface area contributed by atoms with E-state index in [4.69, 9.17) is 5.73 Å². The molecule has 3 heteroatoms. The lowest BCUT2D eigenvalue weighted by atomic mass is 10.0. The maximum atomic E-state index is 11.5. The van der Waals surface area contributed by atoms with Gasteiger partial charge in [0.2, 0.25) is 5.91 Å². The van der Waals surface area contributed by atoms with Crippen molar-refractivity contribution in [3.63, 3.8) is 0 Å². The second-order valence-corrected chi connectivity index (χ2v) is 5.08. The zero-order chi connectivity index (χ0) is 12.8.